The smallest absolute Gasteiger partial charge is 0.344 e. The number of ether oxygens (including phenoxy) is 2. The average Bonchev–Trinajstić information content (AvgIpc) is 2.80. The molecular formula is C13H15N3O4. The van der Waals surface area contributed by atoms with Gasteiger partial charge in [-0.25, -0.2) is 9.48 Å². The summed E-state index contributed by atoms with van der Waals surface area (Å²) in [6.07, 6.45) is 0. The minimum absolute atomic E-state index is 0.209. The molecule has 1 N–H and O–H groups in total. The molecule has 0 radical (unpaired) electrons. The first-order valence-electron chi connectivity index (χ1n) is 6.11. The van der Waals surface area contributed by atoms with Crippen LogP contribution in [0.1, 0.15) is 6.92 Å². The lowest BCUT2D eigenvalue weighted by molar-refractivity contribution is -0.144. The quantitative estimate of drug-likeness (QED) is 0.817. The number of esters is 1. The van der Waals surface area contributed by atoms with Crippen LogP contribution in [0.25, 0.3) is 11.4 Å². The van der Waals surface area contributed by atoms with Gasteiger partial charge in [0.15, 0.2) is 5.82 Å². The highest BCUT2D eigenvalue weighted by molar-refractivity contribution is 5.69. The molecule has 0 saturated carbocycles. The predicted molar refractivity (Wildman–Crippen MR) is 71.5 cm³/mol. The van der Waals surface area contributed by atoms with Crippen molar-refractivity contribution in [2.75, 3.05) is 13.7 Å². The molecule has 0 aliphatic carbocycles. The molecule has 0 amide bonds. The molecule has 0 spiro atoms. The van der Waals surface area contributed by atoms with Crippen LogP contribution in [0, 0.1) is 0 Å². The molecule has 0 saturated heterocycles. The van der Waals surface area contributed by atoms with Gasteiger partial charge in [0.1, 0.15) is 12.3 Å². The lowest BCUT2D eigenvalue weighted by atomic mass is 10.2. The van der Waals surface area contributed by atoms with E-state index in [0.717, 1.165) is 10.2 Å². The van der Waals surface area contributed by atoms with E-state index in [0.29, 0.717) is 11.6 Å². The predicted octanol–water partition coefficient (Wildman–Crippen LogP) is 0.810. The summed E-state index contributed by atoms with van der Waals surface area (Å²) in [6.45, 7) is 1.76. The molecule has 7 heteroatoms. The van der Waals surface area contributed by atoms with Crippen LogP contribution >= 0.6 is 0 Å². The highest BCUT2D eigenvalue weighted by Gasteiger charge is 2.11. The van der Waals surface area contributed by atoms with Gasteiger partial charge in [0.2, 0.25) is 0 Å². The number of hydrogen-bond acceptors (Lipinski definition) is 5. The van der Waals surface area contributed by atoms with Gasteiger partial charge < -0.3 is 9.47 Å². The Bertz CT molecular complexity index is 642. The third-order valence-electron chi connectivity index (χ3n) is 2.63. The van der Waals surface area contributed by atoms with E-state index in [2.05, 4.69) is 10.1 Å². The first-order valence-corrected chi connectivity index (χ1v) is 6.11. The first kappa shape index (κ1) is 13.9. The fourth-order valence-electron chi connectivity index (χ4n) is 1.67. The number of hydrogen-bond donors (Lipinski definition) is 1. The van der Waals surface area contributed by atoms with E-state index in [1.54, 1.807) is 38.3 Å². The largest absolute Gasteiger partial charge is 0.497 e. The molecule has 2 aromatic rings. The monoisotopic (exact) mass is 277 g/mol. The number of nitrogens with one attached hydrogen (secondary N) is 1. The standard InChI is InChI=1S/C13H15N3O4/c1-3-20-11(17)8-16-13(18)14-12(15-16)9-4-6-10(19-2)7-5-9/h4-7H,3,8H2,1-2H3,(H,14,15,18). The Labute approximate surface area is 115 Å². The van der Waals surface area contributed by atoms with Gasteiger partial charge in [0.25, 0.3) is 0 Å². The molecule has 1 aromatic carbocycles. The van der Waals surface area contributed by atoms with Crippen LogP contribution in [-0.2, 0) is 16.1 Å². The zero-order chi connectivity index (χ0) is 14.5. The van der Waals surface area contributed by atoms with Crippen molar-refractivity contribution in [2.24, 2.45) is 0 Å². The van der Waals surface area contributed by atoms with Crippen LogP contribution in [0.15, 0.2) is 29.1 Å². The Hall–Kier alpha value is -2.57. The van der Waals surface area contributed by atoms with Crippen molar-refractivity contribution in [3.8, 4) is 17.1 Å². The highest BCUT2D eigenvalue weighted by Crippen LogP contribution is 2.17. The molecule has 2 rings (SSSR count). The fraction of sp³-hybridized carbons (Fsp3) is 0.308. The summed E-state index contributed by atoms with van der Waals surface area (Å²) in [6, 6.07) is 7.06. The maximum atomic E-state index is 11.7. The average molecular weight is 277 g/mol. The summed E-state index contributed by atoms with van der Waals surface area (Å²) >= 11 is 0. The van der Waals surface area contributed by atoms with Gasteiger partial charge in [-0.15, -0.1) is 5.10 Å². The van der Waals surface area contributed by atoms with Crippen LogP contribution < -0.4 is 10.4 Å². The van der Waals surface area contributed by atoms with Crippen LogP contribution in [-0.4, -0.2) is 34.5 Å². The second-order valence-corrected chi connectivity index (χ2v) is 3.97. The second-order valence-electron chi connectivity index (χ2n) is 3.97. The Balaban J connectivity index is 2.21. The van der Waals surface area contributed by atoms with E-state index >= 15 is 0 Å². The lowest BCUT2D eigenvalue weighted by Crippen LogP contribution is -2.24. The van der Waals surface area contributed by atoms with Crippen molar-refractivity contribution in [1.82, 2.24) is 14.8 Å². The zero-order valence-corrected chi connectivity index (χ0v) is 11.3. The molecule has 0 fully saturated rings. The van der Waals surface area contributed by atoms with E-state index < -0.39 is 11.7 Å². The van der Waals surface area contributed by atoms with Gasteiger partial charge in [-0.05, 0) is 31.2 Å². The molecule has 0 aliphatic rings. The Morgan fingerprint density at radius 1 is 1.35 bits per heavy atom. The van der Waals surface area contributed by atoms with Crippen LogP contribution in [0.5, 0.6) is 5.75 Å². The summed E-state index contributed by atoms with van der Waals surface area (Å²) < 4.78 is 10.9. The molecule has 0 aliphatic heterocycles. The molecule has 106 valence electrons. The number of methoxy groups -OCH3 is 1. The van der Waals surface area contributed by atoms with Gasteiger partial charge in [0.05, 0.1) is 13.7 Å². The minimum Gasteiger partial charge on any atom is -0.497 e. The first-order chi connectivity index (χ1) is 9.63. The minimum atomic E-state index is -0.498. The Morgan fingerprint density at radius 2 is 2.05 bits per heavy atom. The summed E-state index contributed by atoms with van der Waals surface area (Å²) in [5, 5.41) is 4.06. The molecule has 0 atom stereocenters. The maximum absolute atomic E-state index is 11.7. The molecular weight excluding hydrogens is 262 g/mol. The fourth-order valence-corrected chi connectivity index (χ4v) is 1.67. The third kappa shape index (κ3) is 3.05. The number of carbonyl (C=O) groups excluding carboxylic acids is 1. The number of H-pyrrole nitrogens is 1. The van der Waals surface area contributed by atoms with Crippen molar-refractivity contribution < 1.29 is 14.3 Å². The zero-order valence-electron chi connectivity index (χ0n) is 11.3. The normalized spacial score (nSPS) is 10.3. The molecule has 7 nitrogen and oxygen atoms in total. The second kappa shape index (κ2) is 6.05. The summed E-state index contributed by atoms with van der Waals surface area (Å²) in [5.41, 5.74) is 0.273. The number of aromatic amines is 1. The van der Waals surface area contributed by atoms with Crippen molar-refractivity contribution in [2.45, 2.75) is 13.5 Å². The van der Waals surface area contributed by atoms with Crippen molar-refractivity contribution >= 4 is 5.97 Å². The topological polar surface area (TPSA) is 86.2 Å². The van der Waals surface area contributed by atoms with Crippen LogP contribution in [0.3, 0.4) is 0 Å². The number of aromatic nitrogens is 3. The summed E-state index contributed by atoms with van der Waals surface area (Å²) in [7, 11) is 1.57. The molecule has 0 bridgehead atoms. The molecule has 0 unspecified atom stereocenters. The van der Waals surface area contributed by atoms with Crippen molar-refractivity contribution in [1.29, 1.82) is 0 Å². The van der Waals surface area contributed by atoms with Crippen LogP contribution in [0.2, 0.25) is 0 Å². The van der Waals surface area contributed by atoms with Crippen LogP contribution in [0.4, 0.5) is 0 Å². The van der Waals surface area contributed by atoms with E-state index in [-0.39, 0.29) is 13.2 Å². The Kier molecular flexibility index (Phi) is 4.19. The lowest BCUT2D eigenvalue weighted by Gasteiger charge is -2.01. The van der Waals surface area contributed by atoms with E-state index in [4.69, 9.17) is 9.47 Å². The number of benzene rings is 1. The molecule has 1 heterocycles. The van der Waals surface area contributed by atoms with Crippen molar-refractivity contribution in [3.05, 3.63) is 34.7 Å². The molecule has 1 aromatic heterocycles. The highest BCUT2D eigenvalue weighted by atomic mass is 16.5. The van der Waals surface area contributed by atoms with Gasteiger partial charge in [0, 0.05) is 5.56 Å². The summed E-state index contributed by atoms with van der Waals surface area (Å²) in [4.78, 5) is 25.6. The summed E-state index contributed by atoms with van der Waals surface area (Å²) in [5.74, 6) is 0.603. The van der Waals surface area contributed by atoms with Gasteiger partial charge in [-0.2, -0.15) is 0 Å². The maximum Gasteiger partial charge on any atom is 0.344 e. The molecule has 20 heavy (non-hydrogen) atoms. The third-order valence-corrected chi connectivity index (χ3v) is 2.63. The number of rotatable bonds is 5. The Morgan fingerprint density at radius 3 is 2.65 bits per heavy atom. The van der Waals surface area contributed by atoms with Gasteiger partial charge >= 0.3 is 11.7 Å². The SMILES string of the molecule is CCOC(=O)Cn1nc(-c2ccc(OC)cc2)[nH]c1=O. The van der Waals surface area contributed by atoms with Gasteiger partial charge in [-0.1, -0.05) is 0 Å². The van der Waals surface area contributed by atoms with Crippen molar-refractivity contribution in [3.63, 3.8) is 0 Å². The van der Waals surface area contributed by atoms with E-state index in [1.807, 2.05) is 0 Å². The number of carbonyl (C=O) groups is 1. The van der Waals surface area contributed by atoms with E-state index in [1.165, 1.54) is 0 Å². The van der Waals surface area contributed by atoms with Gasteiger partial charge in [-0.3, -0.25) is 9.78 Å². The number of nitrogens with zero attached hydrogens (tertiary/aromatic N) is 2. The van der Waals surface area contributed by atoms with E-state index in [9.17, 15) is 9.59 Å².